The molecule has 1 amide bonds. The number of anilines is 1. The predicted octanol–water partition coefficient (Wildman–Crippen LogP) is 3.95. The van der Waals surface area contributed by atoms with Gasteiger partial charge in [0.25, 0.3) is 5.91 Å². The van der Waals surface area contributed by atoms with Gasteiger partial charge in [-0.25, -0.2) is 9.78 Å². The fourth-order valence-electron chi connectivity index (χ4n) is 1.75. The van der Waals surface area contributed by atoms with Crippen molar-refractivity contribution in [3.05, 3.63) is 38.8 Å². The van der Waals surface area contributed by atoms with Crippen LogP contribution in [0, 0.1) is 6.92 Å². The van der Waals surface area contributed by atoms with Gasteiger partial charge in [0.2, 0.25) is 0 Å². The molecule has 0 radical (unpaired) electrons. The quantitative estimate of drug-likeness (QED) is 0.784. The molecular weight excluding hydrogens is 375 g/mol. The number of ether oxygens (including phenoxy) is 2. The first-order valence-electron chi connectivity index (χ1n) is 6.80. The van der Waals surface area contributed by atoms with Crippen LogP contribution in [0.5, 0.6) is 5.75 Å². The summed E-state index contributed by atoms with van der Waals surface area (Å²) in [5.74, 6) is -0.580. The average molecular weight is 389 g/mol. The van der Waals surface area contributed by atoms with E-state index in [9.17, 15) is 9.59 Å². The van der Waals surface area contributed by atoms with E-state index in [1.807, 2.05) is 0 Å². The highest BCUT2D eigenvalue weighted by Gasteiger charge is 2.21. The van der Waals surface area contributed by atoms with Crippen molar-refractivity contribution in [3.8, 4) is 5.75 Å². The van der Waals surface area contributed by atoms with E-state index in [1.165, 1.54) is 13.2 Å². The van der Waals surface area contributed by atoms with Crippen molar-refractivity contribution >= 4 is 51.5 Å². The topological polar surface area (TPSA) is 77.5 Å². The number of nitrogens with zero attached hydrogens (tertiary/aromatic N) is 1. The number of rotatable bonds is 5. The molecule has 0 aliphatic heterocycles. The zero-order valence-corrected chi connectivity index (χ0v) is 15.4. The molecule has 0 saturated heterocycles. The van der Waals surface area contributed by atoms with E-state index in [1.54, 1.807) is 26.0 Å². The molecule has 0 saturated carbocycles. The molecule has 2 rings (SSSR count). The SMILES string of the molecule is COC(=O)c1sc(NC(=O)C(C)Oc2ccc(Cl)cc2Cl)nc1C. The largest absolute Gasteiger partial charge is 0.479 e. The molecule has 0 aliphatic carbocycles. The summed E-state index contributed by atoms with van der Waals surface area (Å²) >= 11 is 12.9. The Morgan fingerprint density at radius 1 is 1.33 bits per heavy atom. The summed E-state index contributed by atoms with van der Waals surface area (Å²) in [4.78, 5) is 28.2. The van der Waals surface area contributed by atoms with Crippen LogP contribution >= 0.6 is 34.5 Å². The average Bonchev–Trinajstić information content (AvgIpc) is 2.89. The molecule has 24 heavy (non-hydrogen) atoms. The number of amides is 1. The number of thiazole rings is 1. The molecule has 1 aromatic carbocycles. The van der Waals surface area contributed by atoms with Gasteiger partial charge in [-0.15, -0.1) is 0 Å². The number of nitrogens with one attached hydrogen (secondary N) is 1. The van der Waals surface area contributed by atoms with E-state index >= 15 is 0 Å². The van der Waals surface area contributed by atoms with Gasteiger partial charge in [0.15, 0.2) is 11.2 Å². The van der Waals surface area contributed by atoms with Gasteiger partial charge in [-0.2, -0.15) is 0 Å². The van der Waals surface area contributed by atoms with Crippen molar-refractivity contribution in [2.24, 2.45) is 0 Å². The van der Waals surface area contributed by atoms with Crippen molar-refractivity contribution in [3.63, 3.8) is 0 Å². The van der Waals surface area contributed by atoms with Crippen LogP contribution in [0.4, 0.5) is 5.13 Å². The van der Waals surface area contributed by atoms with Gasteiger partial charge in [0.05, 0.1) is 17.8 Å². The molecule has 1 aromatic heterocycles. The molecule has 1 heterocycles. The lowest BCUT2D eigenvalue weighted by Gasteiger charge is -2.14. The minimum absolute atomic E-state index is 0.288. The highest BCUT2D eigenvalue weighted by molar-refractivity contribution is 7.17. The number of carbonyl (C=O) groups is 2. The summed E-state index contributed by atoms with van der Waals surface area (Å²) < 4.78 is 10.2. The van der Waals surface area contributed by atoms with E-state index in [0.29, 0.717) is 26.4 Å². The minimum Gasteiger partial charge on any atom is -0.479 e. The van der Waals surface area contributed by atoms with Crippen LogP contribution in [-0.2, 0) is 9.53 Å². The van der Waals surface area contributed by atoms with Crippen LogP contribution in [0.25, 0.3) is 0 Å². The number of halogens is 2. The Morgan fingerprint density at radius 3 is 2.67 bits per heavy atom. The van der Waals surface area contributed by atoms with Gasteiger partial charge in [0.1, 0.15) is 10.6 Å². The Hall–Kier alpha value is -1.83. The first kappa shape index (κ1) is 18.5. The molecule has 128 valence electrons. The first-order valence-corrected chi connectivity index (χ1v) is 8.37. The Labute approximate surface area is 152 Å². The minimum atomic E-state index is -0.825. The first-order chi connectivity index (χ1) is 11.3. The molecule has 1 unspecified atom stereocenters. The third-order valence-corrected chi connectivity index (χ3v) is 4.55. The van der Waals surface area contributed by atoms with Gasteiger partial charge in [-0.1, -0.05) is 34.5 Å². The Bertz CT molecular complexity index is 779. The summed E-state index contributed by atoms with van der Waals surface area (Å²) in [6.07, 6.45) is -0.825. The van der Waals surface area contributed by atoms with E-state index in [4.69, 9.17) is 27.9 Å². The molecule has 6 nitrogen and oxygen atoms in total. The van der Waals surface area contributed by atoms with E-state index in [-0.39, 0.29) is 5.13 Å². The van der Waals surface area contributed by atoms with Crippen molar-refractivity contribution in [1.29, 1.82) is 0 Å². The number of aromatic nitrogens is 1. The molecular formula is C15H14Cl2N2O4S. The molecule has 2 aromatic rings. The highest BCUT2D eigenvalue weighted by atomic mass is 35.5. The van der Waals surface area contributed by atoms with Crippen molar-refractivity contribution < 1.29 is 19.1 Å². The Morgan fingerprint density at radius 2 is 2.04 bits per heavy atom. The van der Waals surface area contributed by atoms with Crippen LogP contribution in [0.15, 0.2) is 18.2 Å². The van der Waals surface area contributed by atoms with Crippen molar-refractivity contribution in [2.45, 2.75) is 20.0 Å². The van der Waals surface area contributed by atoms with Gasteiger partial charge in [-0.3, -0.25) is 10.1 Å². The van der Waals surface area contributed by atoms with Crippen molar-refractivity contribution in [2.75, 3.05) is 12.4 Å². The van der Waals surface area contributed by atoms with Crippen LogP contribution < -0.4 is 10.1 Å². The van der Waals surface area contributed by atoms with Crippen LogP contribution in [0.2, 0.25) is 10.0 Å². The fraction of sp³-hybridized carbons (Fsp3) is 0.267. The standard InChI is InChI=1S/C15H14Cl2N2O4S/c1-7-12(14(21)22-3)24-15(18-7)19-13(20)8(2)23-11-5-4-9(16)6-10(11)17/h4-6,8H,1-3H3,(H,18,19,20). The monoisotopic (exact) mass is 388 g/mol. The number of hydrogen-bond acceptors (Lipinski definition) is 6. The lowest BCUT2D eigenvalue weighted by Crippen LogP contribution is -2.30. The van der Waals surface area contributed by atoms with Crippen LogP contribution in [0.3, 0.4) is 0 Å². The van der Waals surface area contributed by atoms with Crippen molar-refractivity contribution in [1.82, 2.24) is 4.98 Å². The van der Waals surface area contributed by atoms with Gasteiger partial charge in [0, 0.05) is 5.02 Å². The molecule has 0 aliphatic rings. The molecule has 0 bridgehead atoms. The summed E-state index contributed by atoms with van der Waals surface area (Å²) in [6, 6.07) is 4.72. The fourth-order valence-corrected chi connectivity index (χ4v) is 3.09. The Balaban J connectivity index is 2.05. The second-order valence-corrected chi connectivity index (χ2v) is 6.59. The zero-order chi connectivity index (χ0) is 17.9. The number of aryl methyl sites for hydroxylation is 1. The van der Waals surface area contributed by atoms with Crippen LogP contribution in [0.1, 0.15) is 22.3 Å². The van der Waals surface area contributed by atoms with Crippen LogP contribution in [-0.4, -0.2) is 30.1 Å². The molecule has 0 fully saturated rings. The van der Waals surface area contributed by atoms with E-state index < -0.39 is 18.0 Å². The highest BCUT2D eigenvalue weighted by Crippen LogP contribution is 2.29. The zero-order valence-electron chi connectivity index (χ0n) is 13.1. The number of esters is 1. The smallest absolute Gasteiger partial charge is 0.350 e. The molecule has 1 atom stereocenters. The lowest BCUT2D eigenvalue weighted by atomic mass is 10.3. The summed E-state index contributed by atoms with van der Waals surface area (Å²) in [6.45, 7) is 3.23. The number of methoxy groups -OCH3 is 1. The second-order valence-electron chi connectivity index (χ2n) is 4.75. The Kier molecular flexibility index (Phi) is 6.04. The van der Waals surface area contributed by atoms with Gasteiger partial charge in [-0.05, 0) is 32.0 Å². The number of carbonyl (C=O) groups excluding carboxylic acids is 2. The van der Waals surface area contributed by atoms with E-state index in [2.05, 4.69) is 15.0 Å². The molecule has 1 N–H and O–H groups in total. The van der Waals surface area contributed by atoms with Gasteiger partial charge < -0.3 is 9.47 Å². The van der Waals surface area contributed by atoms with Gasteiger partial charge >= 0.3 is 5.97 Å². The maximum atomic E-state index is 12.2. The summed E-state index contributed by atoms with van der Waals surface area (Å²) in [5, 5.41) is 3.66. The predicted molar refractivity (Wildman–Crippen MR) is 93.4 cm³/mol. The third kappa shape index (κ3) is 4.37. The summed E-state index contributed by atoms with van der Waals surface area (Å²) in [7, 11) is 1.28. The molecule has 0 spiro atoms. The maximum absolute atomic E-state index is 12.2. The summed E-state index contributed by atoms with van der Waals surface area (Å²) in [5.41, 5.74) is 0.483. The number of hydrogen-bond donors (Lipinski definition) is 1. The lowest BCUT2D eigenvalue weighted by molar-refractivity contribution is -0.122. The third-order valence-electron chi connectivity index (χ3n) is 2.96. The maximum Gasteiger partial charge on any atom is 0.350 e. The van der Waals surface area contributed by atoms with E-state index in [0.717, 1.165) is 11.3 Å². The second kappa shape index (κ2) is 7.83. The molecule has 9 heteroatoms. The normalized spacial score (nSPS) is 11.7. The number of benzene rings is 1.